The Balaban J connectivity index is 1.69. The lowest BCUT2D eigenvalue weighted by atomic mass is 9.95. The molecule has 0 atom stereocenters. The van der Waals surface area contributed by atoms with Crippen molar-refractivity contribution < 1.29 is 14.0 Å². The molecule has 2 aromatic rings. The summed E-state index contributed by atoms with van der Waals surface area (Å²) in [5, 5.41) is 3.17. The number of urea groups is 1. The zero-order valence-electron chi connectivity index (χ0n) is 19.7. The van der Waals surface area contributed by atoms with Crippen molar-refractivity contribution in [2.45, 2.75) is 77.4 Å². The van der Waals surface area contributed by atoms with Gasteiger partial charge in [0.2, 0.25) is 5.91 Å². The van der Waals surface area contributed by atoms with Crippen LogP contribution in [0.3, 0.4) is 0 Å². The molecule has 3 rings (SSSR count). The van der Waals surface area contributed by atoms with Crippen LogP contribution in [-0.4, -0.2) is 46.4 Å². The number of rotatable bonds is 8. The van der Waals surface area contributed by atoms with Crippen LogP contribution in [0.1, 0.15) is 64.2 Å². The first-order valence-corrected chi connectivity index (χ1v) is 11.7. The molecular weight excluding hydrogens is 402 g/mol. The van der Waals surface area contributed by atoms with E-state index < -0.39 is 5.54 Å². The number of amides is 3. The number of carbonyl (C=O) groups is 2. The van der Waals surface area contributed by atoms with Crippen LogP contribution in [-0.2, 0) is 17.8 Å². The van der Waals surface area contributed by atoms with Gasteiger partial charge in [-0.15, -0.1) is 0 Å². The number of nitrogens with zero attached hydrogens (tertiary/aromatic N) is 2. The Hall–Kier alpha value is -2.76. The van der Waals surface area contributed by atoms with Gasteiger partial charge in [-0.2, -0.15) is 0 Å². The van der Waals surface area contributed by atoms with Crippen LogP contribution < -0.4 is 5.32 Å². The van der Waals surface area contributed by atoms with E-state index >= 15 is 0 Å². The number of hydrogen-bond acceptors (Lipinski definition) is 3. The molecule has 0 radical (unpaired) electrons. The summed E-state index contributed by atoms with van der Waals surface area (Å²) in [6, 6.07) is 13.9. The predicted molar refractivity (Wildman–Crippen MR) is 126 cm³/mol. The lowest BCUT2D eigenvalue weighted by Gasteiger charge is -2.38. The first-order valence-electron chi connectivity index (χ1n) is 11.7. The highest BCUT2D eigenvalue weighted by Gasteiger charge is 2.31. The van der Waals surface area contributed by atoms with Crippen molar-refractivity contribution in [1.82, 2.24) is 15.1 Å². The smallest absolute Gasteiger partial charge is 0.318 e. The van der Waals surface area contributed by atoms with Crippen LogP contribution in [0.4, 0.5) is 4.79 Å². The van der Waals surface area contributed by atoms with E-state index in [1.54, 1.807) is 16.1 Å². The van der Waals surface area contributed by atoms with E-state index in [1.807, 2.05) is 51.1 Å². The first kappa shape index (κ1) is 23.9. The van der Waals surface area contributed by atoms with Gasteiger partial charge < -0.3 is 19.5 Å². The molecule has 32 heavy (non-hydrogen) atoms. The summed E-state index contributed by atoms with van der Waals surface area (Å²) >= 11 is 0. The van der Waals surface area contributed by atoms with Crippen LogP contribution in [0.25, 0.3) is 0 Å². The average Bonchev–Trinajstić information content (AvgIpc) is 3.28. The summed E-state index contributed by atoms with van der Waals surface area (Å²) in [6.07, 6.45) is 7.92. The molecule has 1 heterocycles. The summed E-state index contributed by atoms with van der Waals surface area (Å²) < 4.78 is 5.50. The maximum Gasteiger partial charge on any atom is 0.318 e. The highest BCUT2D eigenvalue weighted by atomic mass is 16.3. The fourth-order valence-electron chi connectivity index (χ4n) is 4.14. The van der Waals surface area contributed by atoms with Gasteiger partial charge >= 0.3 is 6.03 Å². The van der Waals surface area contributed by atoms with Gasteiger partial charge in [-0.05, 0) is 57.7 Å². The summed E-state index contributed by atoms with van der Waals surface area (Å²) in [5.41, 5.74) is 0.706. The molecule has 6 heteroatoms. The average molecular weight is 440 g/mol. The molecule has 0 spiro atoms. The molecular formula is C26H37N3O3. The molecule has 174 valence electrons. The first-order chi connectivity index (χ1) is 15.3. The van der Waals surface area contributed by atoms with Crippen LogP contribution in [0.15, 0.2) is 53.1 Å². The van der Waals surface area contributed by atoms with Crippen molar-refractivity contribution in [2.75, 3.05) is 13.1 Å². The second kappa shape index (κ2) is 11.2. The van der Waals surface area contributed by atoms with Crippen LogP contribution in [0.2, 0.25) is 0 Å². The summed E-state index contributed by atoms with van der Waals surface area (Å²) in [6.45, 7) is 6.91. The van der Waals surface area contributed by atoms with Crippen LogP contribution in [0.5, 0.6) is 0 Å². The number of nitrogens with one attached hydrogen (secondary N) is 1. The Labute approximate surface area is 192 Å². The molecule has 1 aromatic carbocycles. The molecule has 1 fully saturated rings. The normalized spacial score (nSPS) is 14.7. The van der Waals surface area contributed by atoms with Gasteiger partial charge in [0.15, 0.2) is 0 Å². The minimum Gasteiger partial charge on any atom is -0.467 e. The Morgan fingerprint density at radius 1 is 1.03 bits per heavy atom. The van der Waals surface area contributed by atoms with Gasteiger partial charge in [0.05, 0.1) is 12.8 Å². The largest absolute Gasteiger partial charge is 0.467 e. The fourth-order valence-corrected chi connectivity index (χ4v) is 4.14. The second-order valence-corrected chi connectivity index (χ2v) is 9.67. The molecule has 0 unspecified atom stereocenters. The van der Waals surface area contributed by atoms with E-state index in [9.17, 15) is 9.59 Å². The lowest BCUT2D eigenvalue weighted by molar-refractivity contribution is -0.133. The highest BCUT2D eigenvalue weighted by Crippen LogP contribution is 2.20. The number of benzene rings is 1. The molecule has 6 nitrogen and oxygen atoms in total. The van der Waals surface area contributed by atoms with Gasteiger partial charge in [0.25, 0.3) is 0 Å². The number of furan rings is 1. The van der Waals surface area contributed by atoms with Crippen molar-refractivity contribution in [3.63, 3.8) is 0 Å². The van der Waals surface area contributed by atoms with Crippen molar-refractivity contribution in [3.05, 3.63) is 60.1 Å². The van der Waals surface area contributed by atoms with E-state index in [0.717, 1.165) is 37.9 Å². The zero-order valence-corrected chi connectivity index (χ0v) is 19.7. The molecule has 0 saturated heterocycles. The summed E-state index contributed by atoms with van der Waals surface area (Å²) in [7, 11) is 0. The number of carbonyl (C=O) groups excluding carboxylic acids is 2. The van der Waals surface area contributed by atoms with Gasteiger partial charge in [0, 0.05) is 18.1 Å². The van der Waals surface area contributed by atoms with E-state index in [4.69, 9.17) is 4.42 Å². The quantitative estimate of drug-likeness (QED) is 0.630. The molecule has 0 bridgehead atoms. The molecule has 1 saturated carbocycles. The summed E-state index contributed by atoms with van der Waals surface area (Å²) in [5.74, 6) is 0.659. The van der Waals surface area contributed by atoms with Crippen molar-refractivity contribution in [2.24, 2.45) is 0 Å². The van der Waals surface area contributed by atoms with Gasteiger partial charge in [0.1, 0.15) is 12.3 Å². The molecule has 1 aromatic heterocycles. The Morgan fingerprint density at radius 2 is 1.75 bits per heavy atom. The monoisotopic (exact) mass is 439 g/mol. The predicted octanol–water partition coefficient (Wildman–Crippen LogP) is 4.99. The van der Waals surface area contributed by atoms with Crippen LogP contribution in [0, 0.1) is 0 Å². The Kier molecular flexibility index (Phi) is 8.37. The molecule has 1 N–H and O–H groups in total. The fraction of sp³-hybridized carbons (Fsp3) is 0.538. The van der Waals surface area contributed by atoms with Crippen molar-refractivity contribution in [1.29, 1.82) is 0 Å². The maximum absolute atomic E-state index is 13.4. The van der Waals surface area contributed by atoms with Gasteiger partial charge in [-0.1, -0.05) is 49.6 Å². The Bertz CT molecular complexity index is 837. The third kappa shape index (κ3) is 7.14. The van der Waals surface area contributed by atoms with E-state index in [0.29, 0.717) is 13.1 Å². The Morgan fingerprint density at radius 3 is 2.38 bits per heavy atom. The topological polar surface area (TPSA) is 65.8 Å². The highest BCUT2D eigenvalue weighted by molar-refractivity contribution is 5.84. The maximum atomic E-state index is 13.4. The van der Waals surface area contributed by atoms with Crippen LogP contribution >= 0.6 is 0 Å². The van der Waals surface area contributed by atoms with Gasteiger partial charge in [-0.3, -0.25) is 4.79 Å². The lowest BCUT2D eigenvalue weighted by Crippen LogP contribution is -2.56. The van der Waals surface area contributed by atoms with Crippen molar-refractivity contribution in [3.8, 4) is 0 Å². The van der Waals surface area contributed by atoms with Crippen molar-refractivity contribution >= 4 is 11.9 Å². The second-order valence-electron chi connectivity index (χ2n) is 9.67. The third-order valence-corrected chi connectivity index (χ3v) is 6.07. The molecule has 1 aliphatic carbocycles. The van der Waals surface area contributed by atoms with E-state index in [-0.39, 0.29) is 24.5 Å². The molecule has 3 amide bonds. The minimum atomic E-state index is -0.468. The minimum absolute atomic E-state index is 0.0392. The SMILES string of the molecule is CC(C)(C)N(CC(=O)N(CCc1ccccc1)Cc1ccco1)C(=O)NC1CCCCC1. The zero-order chi connectivity index (χ0) is 23.0. The standard InChI is InChI=1S/C26H37N3O3/c1-26(2,3)29(25(31)27-22-13-8-5-9-14-22)20-24(30)28(19-23-15-10-18-32-23)17-16-21-11-6-4-7-12-21/h4,6-7,10-12,15,18,22H,5,8-9,13-14,16-17,19-20H2,1-3H3,(H,27,31). The molecule has 0 aliphatic heterocycles. The third-order valence-electron chi connectivity index (χ3n) is 6.07. The van der Waals surface area contributed by atoms with E-state index in [2.05, 4.69) is 17.4 Å². The number of hydrogen-bond donors (Lipinski definition) is 1. The van der Waals surface area contributed by atoms with E-state index in [1.165, 1.54) is 12.0 Å². The molecule has 1 aliphatic rings. The summed E-state index contributed by atoms with van der Waals surface area (Å²) in [4.78, 5) is 30.0. The van der Waals surface area contributed by atoms with Gasteiger partial charge in [-0.25, -0.2) is 4.79 Å².